The van der Waals surface area contributed by atoms with Gasteiger partial charge in [-0.2, -0.15) is 0 Å². The first-order valence-electron chi connectivity index (χ1n) is 8.96. The molecule has 1 N–H and O–H groups in total. The third-order valence-electron chi connectivity index (χ3n) is 4.97. The van der Waals surface area contributed by atoms with Gasteiger partial charge in [-0.3, -0.25) is 13.9 Å². The first kappa shape index (κ1) is 18.8. The third-order valence-corrected chi connectivity index (χ3v) is 4.97. The second-order valence-corrected chi connectivity index (χ2v) is 7.14. The number of nitrogens with zero attached hydrogens (tertiary/aromatic N) is 4. The lowest BCUT2D eigenvalue weighted by molar-refractivity contribution is -0.929. The van der Waals surface area contributed by atoms with Crippen molar-refractivity contribution in [3.05, 3.63) is 26.7 Å². The molecule has 0 spiro atoms. The van der Waals surface area contributed by atoms with Gasteiger partial charge in [-0.1, -0.05) is 0 Å². The Bertz CT molecular complexity index is 902. The van der Waals surface area contributed by atoms with E-state index in [9.17, 15) is 9.59 Å². The van der Waals surface area contributed by atoms with Crippen LogP contribution in [0.1, 0.15) is 19.7 Å². The van der Waals surface area contributed by atoms with E-state index in [1.165, 1.54) is 16.5 Å². The first-order valence-corrected chi connectivity index (χ1v) is 8.96. The fourth-order valence-electron chi connectivity index (χ4n) is 3.81. The average molecular weight is 366 g/mol. The second kappa shape index (κ2) is 7.34. The molecule has 144 valence electrons. The fraction of sp³-hybridized carbons (Fsp3) is 0.706. The van der Waals surface area contributed by atoms with Crippen LogP contribution in [0.3, 0.4) is 0 Å². The summed E-state index contributed by atoms with van der Waals surface area (Å²) >= 11 is 0. The van der Waals surface area contributed by atoms with Gasteiger partial charge in [0.25, 0.3) is 5.56 Å². The van der Waals surface area contributed by atoms with Crippen molar-refractivity contribution < 1.29 is 14.4 Å². The van der Waals surface area contributed by atoms with Crippen molar-refractivity contribution in [3.63, 3.8) is 0 Å². The van der Waals surface area contributed by atoms with Crippen molar-refractivity contribution in [2.24, 2.45) is 14.1 Å². The summed E-state index contributed by atoms with van der Waals surface area (Å²) in [5.41, 5.74) is 0.191. The predicted molar refractivity (Wildman–Crippen MR) is 96.5 cm³/mol. The Labute approximate surface area is 151 Å². The van der Waals surface area contributed by atoms with Gasteiger partial charge in [-0.05, 0) is 13.8 Å². The number of aryl methyl sites for hydroxylation is 1. The SMILES string of the molecule is COCCn1c(C[NH+]2C[C@@H](C)O[C@H](C)C2)nc2c1c(=O)n(C)c(=O)n2C. The lowest BCUT2D eigenvalue weighted by Gasteiger charge is -2.32. The van der Waals surface area contributed by atoms with Gasteiger partial charge in [0.1, 0.15) is 31.8 Å². The molecule has 26 heavy (non-hydrogen) atoms. The Morgan fingerprint density at radius 3 is 2.46 bits per heavy atom. The van der Waals surface area contributed by atoms with Crippen LogP contribution in [-0.4, -0.2) is 57.7 Å². The predicted octanol–water partition coefficient (Wildman–Crippen LogP) is -1.73. The highest BCUT2D eigenvalue weighted by atomic mass is 16.5. The van der Waals surface area contributed by atoms with Gasteiger partial charge in [-0.15, -0.1) is 0 Å². The molecule has 0 radical (unpaired) electrons. The third kappa shape index (κ3) is 3.34. The van der Waals surface area contributed by atoms with Crippen LogP contribution in [0.4, 0.5) is 0 Å². The molecule has 2 aromatic heterocycles. The maximum absolute atomic E-state index is 12.7. The van der Waals surface area contributed by atoms with Crippen molar-refractivity contribution in [2.75, 3.05) is 26.8 Å². The van der Waals surface area contributed by atoms with Gasteiger partial charge >= 0.3 is 5.69 Å². The molecule has 1 aliphatic heterocycles. The minimum Gasteiger partial charge on any atom is -0.383 e. The molecule has 0 aliphatic carbocycles. The Morgan fingerprint density at radius 1 is 1.19 bits per heavy atom. The molecule has 3 heterocycles. The molecule has 0 aromatic carbocycles. The molecular weight excluding hydrogens is 338 g/mol. The molecule has 2 aromatic rings. The Morgan fingerprint density at radius 2 is 1.85 bits per heavy atom. The summed E-state index contributed by atoms with van der Waals surface area (Å²) in [7, 11) is 4.77. The maximum Gasteiger partial charge on any atom is 0.332 e. The normalized spacial score (nSPS) is 23.7. The number of methoxy groups -OCH3 is 1. The summed E-state index contributed by atoms with van der Waals surface area (Å²) < 4.78 is 15.5. The number of morpholine rings is 1. The highest BCUT2D eigenvalue weighted by molar-refractivity contribution is 5.71. The van der Waals surface area contributed by atoms with E-state index < -0.39 is 0 Å². The molecule has 9 nitrogen and oxygen atoms in total. The summed E-state index contributed by atoms with van der Waals surface area (Å²) in [6.07, 6.45) is 0.366. The lowest BCUT2D eigenvalue weighted by Crippen LogP contribution is -3.14. The molecule has 1 aliphatic rings. The van der Waals surface area contributed by atoms with E-state index in [0.29, 0.717) is 30.9 Å². The van der Waals surface area contributed by atoms with Gasteiger partial charge in [0.2, 0.25) is 0 Å². The summed E-state index contributed by atoms with van der Waals surface area (Å²) in [5, 5.41) is 0. The van der Waals surface area contributed by atoms with E-state index in [1.807, 2.05) is 4.57 Å². The van der Waals surface area contributed by atoms with Crippen LogP contribution in [0.15, 0.2) is 9.59 Å². The molecular formula is C17H28N5O4+. The number of rotatable bonds is 5. The number of hydrogen-bond acceptors (Lipinski definition) is 5. The van der Waals surface area contributed by atoms with Crippen LogP contribution in [0.5, 0.6) is 0 Å². The van der Waals surface area contributed by atoms with Crippen molar-refractivity contribution in [2.45, 2.75) is 39.1 Å². The minimum absolute atomic E-state index is 0.183. The molecule has 9 heteroatoms. The van der Waals surface area contributed by atoms with Gasteiger partial charge in [0.05, 0.1) is 6.61 Å². The Kier molecular flexibility index (Phi) is 5.31. The second-order valence-electron chi connectivity index (χ2n) is 7.14. The largest absolute Gasteiger partial charge is 0.383 e. The summed E-state index contributed by atoms with van der Waals surface area (Å²) in [6.45, 7) is 7.57. The van der Waals surface area contributed by atoms with E-state index in [1.54, 1.807) is 14.2 Å². The van der Waals surface area contributed by atoms with Crippen LogP contribution in [-0.2, 0) is 36.7 Å². The molecule has 1 fully saturated rings. The summed E-state index contributed by atoms with van der Waals surface area (Å²) in [6, 6.07) is 0. The first-order chi connectivity index (χ1) is 12.3. The number of aromatic nitrogens is 4. The molecule has 2 atom stereocenters. The molecule has 0 saturated carbocycles. The van der Waals surface area contributed by atoms with Gasteiger partial charge in [0, 0.05) is 27.7 Å². The maximum atomic E-state index is 12.7. The van der Waals surface area contributed by atoms with E-state index in [2.05, 4.69) is 18.8 Å². The lowest BCUT2D eigenvalue weighted by atomic mass is 10.2. The standard InChI is InChI=1S/C17H27N5O4/c1-11-8-21(9-12(2)26-11)10-13-18-15-14(22(13)6-7-25-5)16(23)20(4)17(24)19(15)3/h11-12H,6-10H2,1-5H3/p+1/t11-,12-/m1/s1. The smallest absolute Gasteiger partial charge is 0.332 e. The van der Waals surface area contributed by atoms with Crippen LogP contribution in [0.2, 0.25) is 0 Å². The molecule has 0 unspecified atom stereocenters. The summed E-state index contributed by atoms with van der Waals surface area (Å²) in [5.74, 6) is 0.798. The summed E-state index contributed by atoms with van der Waals surface area (Å²) in [4.78, 5) is 31.0. The van der Waals surface area contributed by atoms with Gasteiger partial charge in [0.15, 0.2) is 17.0 Å². The van der Waals surface area contributed by atoms with Crippen LogP contribution >= 0.6 is 0 Å². The van der Waals surface area contributed by atoms with Crippen LogP contribution < -0.4 is 16.1 Å². The minimum atomic E-state index is -0.369. The number of imidazole rings is 1. The molecule has 3 rings (SSSR count). The Balaban J connectivity index is 2.09. The van der Waals surface area contributed by atoms with E-state index in [4.69, 9.17) is 9.47 Å². The van der Waals surface area contributed by atoms with E-state index >= 15 is 0 Å². The molecule has 0 bridgehead atoms. The average Bonchev–Trinajstić information content (AvgIpc) is 2.93. The van der Waals surface area contributed by atoms with Crippen molar-refractivity contribution in [1.29, 1.82) is 0 Å². The van der Waals surface area contributed by atoms with Gasteiger partial charge < -0.3 is 18.9 Å². The monoisotopic (exact) mass is 366 g/mol. The quantitative estimate of drug-likeness (QED) is 0.680. The van der Waals surface area contributed by atoms with Crippen molar-refractivity contribution >= 4 is 11.2 Å². The van der Waals surface area contributed by atoms with Gasteiger partial charge in [-0.25, -0.2) is 9.78 Å². The van der Waals surface area contributed by atoms with E-state index in [-0.39, 0.29) is 23.5 Å². The fourth-order valence-corrected chi connectivity index (χ4v) is 3.81. The zero-order chi connectivity index (χ0) is 19.0. The number of nitrogens with one attached hydrogen (secondary N) is 1. The molecule has 0 amide bonds. The van der Waals surface area contributed by atoms with Crippen molar-refractivity contribution in [1.82, 2.24) is 18.7 Å². The Hall–Kier alpha value is -1.97. The highest BCUT2D eigenvalue weighted by Crippen LogP contribution is 2.11. The zero-order valence-electron chi connectivity index (χ0n) is 16.1. The number of hydrogen-bond donors (Lipinski definition) is 1. The molecule has 1 saturated heterocycles. The number of ether oxygens (including phenoxy) is 2. The topological polar surface area (TPSA) is 84.7 Å². The number of fused-ring (bicyclic) bond motifs is 1. The number of quaternary nitrogens is 1. The van der Waals surface area contributed by atoms with Crippen LogP contribution in [0, 0.1) is 0 Å². The zero-order valence-corrected chi connectivity index (χ0v) is 16.1. The van der Waals surface area contributed by atoms with Crippen molar-refractivity contribution in [3.8, 4) is 0 Å². The highest BCUT2D eigenvalue weighted by Gasteiger charge is 2.28. The van der Waals surface area contributed by atoms with Crippen LogP contribution in [0.25, 0.3) is 11.2 Å². The van der Waals surface area contributed by atoms with E-state index in [0.717, 1.165) is 23.5 Å².